The van der Waals surface area contributed by atoms with Crippen LogP contribution in [0.4, 0.5) is 0 Å². The van der Waals surface area contributed by atoms with Crippen LogP contribution < -0.4 is 0 Å². The molecule has 1 aromatic rings. The third-order valence-electron chi connectivity index (χ3n) is 0.866. The molecule has 11 heavy (non-hydrogen) atoms. The summed E-state index contributed by atoms with van der Waals surface area (Å²) < 4.78 is 1.56. The van der Waals surface area contributed by atoms with E-state index in [1.807, 2.05) is 0 Å². The fraction of sp³-hybridized carbons (Fsp3) is 0.600. The van der Waals surface area contributed by atoms with Gasteiger partial charge in [0.15, 0.2) is 8.29 Å². The Morgan fingerprint density at radius 1 is 1.91 bits per heavy atom. The number of nitrogens with zero attached hydrogens (tertiary/aromatic N) is 1. The summed E-state index contributed by atoms with van der Waals surface area (Å²) in [6.45, 7) is 1.75. The number of hydrogen-bond donors (Lipinski definition) is 2. The molecule has 1 unspecified atom stereocenters. The predicted molar refractivity (Wildman–Crippen MR) is 49.7 cm³/mol. The van der Waals surface area contributed by atoms with E-state index in [2.05, 4.69) is 10.2 Å². The summed E-state index contributed by atoms with van der Waals surface area (Å²) in [6.07, 6.45) is -0.294. The highest BCUT2D eigenvalue weighted by Gasteiger charge is 2.00. The number of aromatic nitrogens is 2. The zero-order valence-electron chi connectivity index (χ0n) is 5.90. The van der Waals surface area contributed by atoms with Gasteiger partial charge >= 0.3 is 0 Å². The molecule has 0 aliphatic heterocycles. The Bertz CT molecular complexity index is 267. The fourth-order valence-corrected chi connectivity index (χ4v) is 2.44. The zero-order chi connectivity index (χ0) is 8.27. The van der Waals surface area contributed by atoms with E-state index in [-0.39, 0.29) is 6.10 Å². The summed E-state index contributed by atoms with van der Waals surface area (Å²) in [5.41, 5.74) is 0. The SMILES string of the molecule is CC(O)CSc1n[nH]c(=S)s1. The standard InChI is InChI=1S/C5H8N2OS3/c1-3(8)2-10-5-7-6-4(9)11-5/h3,8H,2H2,1H3,(H,6,9). The van der Waals surface area contributed by atoms with Crippen molar-refractivity contribution in [2.45, 2.75) is 17.4 Å². The summed E-state index contributed by atoms with van der Waals surface area (Å²) >= 11 is 7.78. The van der Waals surface area contributed by atoms with Gasteiger partial charge in [-0.15, -0.1) is 0 Å². The highest BCUT2D eigenvalue weighted by molar-refractivity contribution is 8.01. The van der Waals surface area contributed by atoms with Gasteiger partial charge in [-0.05, 0) is 19.1 Å². The van der Waals surface area contributed by atoms with E-state index >= 15 is 0 Å². The molecule has 0 bridgehead atoms. The van der Waals surface area contributed by atoms with E-state index < -0.39 is 0 Å². The van der Waals surface area contributed by atoms with E-state index in [1.54, 1.807) is 6.92 Å². The second kappa shape index (κ2) is 4.20. The Morgan fingerprint density at radius 2 is 2.64 bits per heavy atom. The van der Waals surface area contributed by atoms with Crippen LogP contribution >= 0.6 is 35.3 Å². The first kappa shape index (κ1) is 9.18. The average molecular weight is 208 g/mol. The lowest BCUT2D eigenvalue weighted by Gasteiger charge is -1.98. The van der Waals surface area contributed by atoms with Crippen molar-refractivity contribution in [1.82, 2.24) is 10.2 Å². The smallest absolute Gasteiger partial charge is 0.177 e. The Kier molecular flexibility index (Phi) is 3.50. The third kappa shape index (κ3) is 3.33. The molecule has 1 rings (SSSR count). The van der Waals surface area contributed by atoms with E-state index in [4.69, 9.17) is 17.3 Å². The van der Waals surface area contributed by atoms with Gasteiger partial charge in [-0.3, -0.25) is 5.10 Å². The van der Waals surface area contributed by atoms with Gasteiger partial charge in [-0.1, -0.05) is 23.1 Å². The molecular weight excluding hydrogens is 200 g/mol. The van der Waals surface area contributed by atoms with Gasteiger partial charge < -0.3 is 5.11 Å². The minimum absolute atomic E-state index is 0.294. The molecule has 0 aromatic carbocycles. The lowest BCUT2D eigenvalue weighted by atomic mass is 10.5. The maximum absolute atomic E-state index is 8.94. The highest BCUT2D eigenvalue weighted by Crippen LogP contribution is 2.20. The molecule has 0 saturated heterocycles. The van der Waals surface area contributed by atoms with Gasteiger partial charge in [0.2, 0.25) is 0 Å². The van der Waals surface area contributed by atoms with Crippen molar-refractivity contribution in [2.75, 3.05) is 5.75 Å². The molecule has 0 aliphatic rings. The molecule has 0 radical (unpaired) electrons. The Hall–Kier alpha value is 0.0900. The third-order valence-corrected chi connectivity index (χ3v) is 3.34. The molecule has 0 amide bonds. The monoisotopic (exact) mass is 208 g/mol. The van der Waals surface area contributed by atoms with Crippen LogP contribution in [0.5, 0.6) is 0 Å². The van der Waals surface area contributed by atoms with E-state index in [1.165, 1.54) is 23.1 Å². The molecule has 1 atom stereocenters. The predicted octanol–water partition coefficient (Wildman–Crippen LogP) is 1.67. The van der Waals surface area contributed by atoms with Crippen LogP contribution in [0.15, 0.2) is 4.34 Å². The number of rotatable bonds is 3. The quantitative estimate of drug-likeness (QED) is 0.586. The number of H-pyrrole nitrogens is 1. The fourth-order valence-electron chi connectivity index (χ4n) is 0.470. The molecule has 2 N–H and O–H groups in total. The van der Waals surface area contributed by atoms with E-state index in [0.717, 1.165) is 4.34 Å². The van der Waals surface area contributed by atoms with Gasteiger partial charge in [-0.2, -0.15) is 5.10 Å². The van der Waals surface area contributed by atoms with Crippen LogP contribution in [0.3, 0.4) is 0 Å². The van der Waals surface area contributed by atoms with Gasteiger partial charge in [0.1, 0.15) is 0 Å². The van der Waals surface area contributed by atoms with E-state index in [9.17, 15) is 0 Å². The van der Waals surface area contributed by atoms with Crippen LogP contribution in [0.1, 0.15) is 6.92 Å². The number of hydrogen-bond acceptors (Lipinski definition) is 5. The molecule has 3 nitrogen and oxygen atoms in total. The van der Waals surface area contributed by atoms with Crippen LogP contribution in [0.2, 0.25) is 0 Å². The normalized spacial score (nSPS) is 13.3. The van der Waals surface area contributed by atoms with Crippen molar-refractivity contribution in [3.8, 4) is 0 Å². The van der Waals surface area contributed by atoms with Crippen molar-refractivity contribution < 1.29 is 5.11 Å². The number of thioether (sulfide) groups is 1. The Labute approximate surface area is 77.9 Å². The lowest BCUT2D eigenvalue weighted by Crippen LogP contribution is -2.01. The van der Waals surface area contributed by atoms with Crippen LogP contribution in [-0.2, 0) is 0 Å². The summed E-state index contributed by atoms with van der Waals surface area (Å²) in [4.78, 5) is 0. The Balaban J connectivity index is 2.45. The largest absolute Gasteiger partial charge is 0.393 e. The highest BCUT2D eigenvalue weighted by atomic mass is 32.2. The molecule has 0 saturated carbocycles. The van der Waals surface area contributed by atoms with Crippen LogP contribution in [0.25, 0.3) is 0 Å². The molecule has 1 heterocycles. The number of aliphatic hydroxyl groups excluding tert-OH is 1. The average Bonchev–Trinajstić information content (AvgIpc) is 2.31. The molecule has 0 aliphatic carbocycles. The molecular formula is C5H8N2OS3. The molecule has 0 spiro atoms. The number of aromatic amines is 1. The number of aliphatic hydroxyl groups is 1. The van der Waals surface area contributed by atoms with Crippen molar-refractivity contribution in [3.63, 3.8) is 0 Å². The van der Waals surface area contributed by atoms with Crippen molar-refractivity contribution in [1.29, 1.82) is 0 Å². The second-order valence-corrected chi connectivity index (χ2v) is 4.97. The van der Waals surface area contributed by atoms with Crippen molar-refractivity contribution in [3.05, 3.63) is 3.95 Å². The van der Waals surface area contributed by atoms with Gasteiger partial charge in [-0.25, -0.2) is 0 Å². The van der Waals surface area contributed by atoms with Gasteiger partial charge in [0, 0.05) is 5.75 Å². The molecule has 0 fully saturated rings. The molecule has 62 valence electrons. The first-order valence-corrected chi connectivity index (χ1v) is 5.26. The summed E-state index contributed by atoms with van der Waals surface area (Å²) in [5.74, 6) is 0.663. The first-order chi connectivity index (χ1) is 5.18. The second-order valence-electron chi connectivity index (χ2n) is 2.04. The minimum atomic E-state index is -0.294. The van der Waals surface area contributed by atoms with Crippen molar-refractivity contribution >= 4 is 35.3 Å². The number of nitrogens with one attached hydrogen (secondary N) is 1. The first-order valence-electron chi connectivity index (χ1n) is 3.05. The lowest BCUT2D eigenvalue weighted by molar-refractivity contribution is 0.220. The summed E-state index contributed by atoms with van der Waals surface area (Å²) in [6, 6.07) is 0. The van der Waals surface area contributed by atoms with Crippen LogP contribution in [0, 0.1) is 3.95 Å². The van der Waals surface area contributed by atoms with Crippen molar-refractivity contribution in [2.24, 2.45) is 0 Å². The molecule has 1 aromatic heterocycles. The maximum atomic E-state index is 8.94. The van der Waals surface area contributed by atoms with E-state index in [0.29, 0.717) is 9.71 Å². The maximum Gasteiger partial charge on any atom is 0.177 e. The van der Waals surface area contributed by atoms with Gasteiger partial charge in [0.25, 0.3) is 0 Å². The zero-order valence-corrected chi connectivity index (χ0v) is 8.35. The summed E-state index contributed by atoms with van der Waals surface area (Å²) in [5, 5.41) is 15.5. The topological polar surface area (TPSA) is 48.9 Å². The Morgan fingerprint density at radius 3 is 3.09 bits per heavy atom. The summed E-state index contributed by atoms with van der Waals surface area (Å²) in [7, 11) is 0. The molecule has 6 heteroatoms. The van der Waals surface area contributed by atoms with Gasteiger partial charge in [0.05, 0.1) is 6.10 Å². The minimum Gasteiger partial charge on any atom is -0.393 e. The van der Waals surface area contributed by atoms with Crippen LogP contribution in [-0.4, -0.2) is 27.2 Å².